The number of nitrogens with two attached hydrogens (primary N) is 1. The zero-order valence-electron chi connectivity index (χ0n) is 10.9. The van der Waals surface area contributed by atoms with Crippen LogP contribution in [0.2, 0.25) is 0 Å². The summed E-state index contributed by atoms with van der Waals surface area (Å²) in [6.45, 7) is 2.09. The van der Waals surface area contributed by atoms with Gasteiger partial charge >= 0.3 is 0 Å². The molecule has 0 amide bonds. The Morgan fingerprint density at radius 2 is 1.95 bits per heavy atom. The normalized spacial score (nSPS) is 10.3. The highest BCUT2D eigenvalue weighted by molar-refractivity contribution is 9.10. The molecule has 5 heteroatoms. The van der Waals surface area contributed by atoms with Crippen molar-refractivity contribution in [3.63, 3.8) is 0 Å². The fourth-order valence-corrected chi connectivity index (χ4v) is 3.12. The van der Waals surface area contributed by atoms with Crippen molar-refractivity contribution in [2.75, 3.05) is 5.75 Å². The third-order valence-electron chi connectivity index (χ3n) is 2.58. The van der Waals surface area contributed by atoms with Crippen molar-refractivity contribution in [2.45, 2.75) is 11.8 Å². The molecule has 0 fully saturated rings. The van der Waals surface area contributed by atoms with Gasteiger partial charge in [0.25, 0.3) is 0 Å². The monoisotopic (exact) mass is 367 g/mol. The molecule has 0 atom stereocenters. The Bertz CT molecular complexity index is 614. The maximum atomic E-state index is 5.91. The maximum Gasteiger partial charge on any atom is 0.138 e. The van der Waals surface area contributed by atoms with Crippen LogP contribution < -0.4 is 10.5 Å². The number of ether oxygens (including phenoxy) is 1. The molecule has 0 heterocycles. The lowest BCUT2D eigenvalue weighted by atomic mass is 10.2. The van der Waals surface area contributed by atoms with Crippen LogP contribution in [0.25, 0.3) is 0 Å². The lowest BCUT2D eigenvalue weighted by Gasteiger charge is -2.14. The highest BCUT2D eigenvalue weighted by Crippen LogP contribution is 2.33. The summed E-state index contributed by atoms with van der Waals surface area (Å²) in [5.41, 5.74) is 6.66. The summed E-state index contributed by atoms with van der Waals surface area (Å²) in [5, 5.41) is 0. The van der Waals surface area contributed by atoms with Crippen molar-refractivity contribution in [2.24, 2.45) is 5.73 Å². The summed E-state index contributed by atoms with van der Waals surface area (Å²) in [4.78, 5) is 1.41. The molecule has 0 saturated carbocycles. The predicted molar refractivity (Wildman–Crippen MR) is 92.9 cm³/mol. The van der Waals surface area contributed by atoms with Gasteiger partial charge in [-0.2, -0.15) is 0 Å². The number of benzene rings is 2. The van der Waals surface area contributed by atoms with E-state index in [2.05, 4.69) is 22.9 Å². The van der Waals surface area contributed by atoms with Gasteiger partial charge in [-0.15, -0.1) is 11.8 Å². The highest BCUT2D eigenvalue weighted by atomic mass is 79.9. The van der Waals surface area contributed by atoms with Crippen molar-refractivity contribution in [3.05, 3.63) is 52.5 Å². The number of thiocarbonyl (C=S) groups is 1. The van der Waals surface area contributed by atoms with E-state index < -0.39 is 0 Å². The second-order valence-electron chi connectivity index (χ2n) is 3.98. The molecular formula is C15H14BrNOS2. The van der Waals surface area contributed by atoms with Crippen LogP contribution in [-0.4, -0.2) is 10.7 Å². The van der Waals surface area contributed by atoms with Crippen molar-refractivity contribution in [1.29, 1.82) is 0 Å². The molecule has 0 aromatic heterocycles. The van der Waals surface area contributed by atoms with Crippen LogP contribution in [0.3, 0.4) is 0 Å². The van der Waals surface area contributed by atoms with E-state index in [0.29, 0.717) is 10.7 Å². The van der Waals surface area contributed by atoms with Crippen LogP contribution in [0.5, 0.6) is 11.5 Å². The van der Waals surface area contributed by atoms with Crippen LogP contribution in [0.4, 0.5) is 0 Å². The molecule has 0 bridgehead atoms. The van der Waals surface area contributed by atoms with Crippen molar-refractivity contribution in [1.82, 2.24) is 0 Å². The standard InChI is InChI=1S/C15H14BrNOS2/c1-2-20-13-5-3-4-12(14(13)15(17)19)18-11-8-6-10(16)7-9-11/h3-9H,2H2,1H3,(H2,17,19). The lowest BCUT2D eigenvalue weighted by molar-refractivity contribution is 0.480. The van der Waals surface area contributed by atoms with E-state index in [0.717, 1.165) is 26.4 Å². The summed E-state index contributed by atoms with van der Waals surface area (Å²) in [6, 6.07) is 13.5. The van der Waals surface area contributed by atoms with Gasteiger partial charge in [-0.1, -0.05) is 41.1 Å². The second kappa shape index (κ2) is 7.11. The van der Waals surface area contributed by atoms with Gasteiger partial charge in [-0.3, -0.25) is 0 Å². The van der Waals surface area contributed by atoms with Crippen LogP contribution >= 0.6 is 39.9 Å². The Balaban J connectivity index is 2.37. The molecule has 2 aromatic rings. The molecule has 0 aliphatic rings. The SMILES string of the molecule is CCSc1cccc(Oc2ccc(Br)cc2)c1C(N)=S. The zero-order valence-corrected chi connectivity index (χ0v) is 14.1. The number of thioether (sulfide) groups is 1. The minimum Gasteiger partial charge on any atom is -0.457 e. The number of hydrogen-bond donors (Lipinski definition) is 1. The summed E-state index contributed by atoms with van der Waals surface area (Å²) >= 11 is 10.3. The van der Waals surface area contributed by atoms with E-state index in [4.69, 9.17) is 22.7 Å². The molecule has 0 spiro atoms. The molecule has 2 N–H and O–H groups in total. The number of rotatable bonds is 5. The summed E-state index contributed by atoms with van der Waals surface area (Å²) in [7, 11) is 0. The molecule has 104 valence electrons. The molecule has 0 radical (unpaired) electrons. The fourth-order valence-electron chi connectivity index (χ4n) is 1.74. The molecule has 0 unspecified atom stereocenters. The first kappa shape index (κ1) is 15.4. The Morgan fingerprint density at radius 1 is 1.25 bits per heavy atom. The lowest BCUT2D eigenvalue weighted by Crippen LogP contribution is -2.12. The molecule has 0 aliphatic heterocycles. The topological polar surface area (TPSA) is 35.2 Å². The minimum atomic E-state index is 0.355. The van der Waals surface area contributed by atoms with Gasteiger partial charge in [0.15, 0.2) is 0 Å². The maximum absolute atomic E-state index is 5.91. The second-order valence-corrected chi connectivity index (χ2v) is 6.64. The van der Waals surface area contributed by atoms with E-state index in [9.17, 15) is 0 Å². The Hall–Kier alpha value is -1.04. The van der Waals surface area contributed by atoms with E-state index in [1.165, 1.54) is 0 Å². The summed E-state index contributed by atoms with van der Waals surface area (Å²) < 4.78 is 6.92. The van der Waals surface area contributed by atoms with Gasteiger partial charge < -0.3 is 10.5 Å². The van der Waals surface area contributed by atoms with Crippen LogP contribution in [-0.2, 0) is 0 Å². The molecule has 0 aliphatic carbocycles. The van der Waals surface area contributed by atoms with Gasteiger partial charge in [0.1, 0.15) is 16.5 Å². The average Bonchev–Trinajstić information content (AvgIpc) is 2.41. The van der Waals surface area contributed by atoms with E-state index in [1.54, 1.807) is 11.8 Å². The molecule has 2 nitrogen and oxygen atoms in total. The van der Waals surface area contributed by atoms with Crippen LogP contribution in [0.1, 0.15) is 12.5 Å². The van der Waals surface area contributed by atoms with Crippen LogP contribution in [0.15, 0.2) is 51.8 Å². The predicted octanol–water partition coefficient (Wildman–Crippen LogP) is 4.99. The Labute approximate surface area is 136 Å². The first-order chi connectivity index (χ1) is 9.61. The largest absolute Gasteiger partial charge is 0.457 e. The van der Waals surface area contributed by atoms with Gasteiger partial charge in [-0.05, 0) is 42.2 Å². The first-order valence-electron chi connectivity index (χ1n) is 6.11. The average molecular weight is 368 g/mol. The smallest absolute Gasteiger partial charge is 0.138 e. The Kier molecular flexibility index (Phi) is 5.46. The summed E-state index contributed by atoms with van der Waals surface area (Å²) in [6.07, 6.45) is 0. The van der Waals surface area contributed by atoms with E-state index in [1.807, 2.05) is 42.5 Å². The van der Waals surface area contributed by atoms with Crippen LogP contribution in [0, 0.1) is 0 Å². The number of hydrogen-bond acceptors (Lipinski definition) is 3. The third kappa shape index (κ3) is 3.75. The molecule has 0 saturated heterocycles. The van der Waals surface area contributed by atoms with Crippen molar-refractivity contribution >= 4 is 44.9 Å². The number of halogens is 1. The minimum absolute atomic E-state index is 0.355. The quantitative estimate of drug-likeness (QED) is 0.596. The van der Waals surface area contributed by atoms with Gasteiger partial charge in [0.05, 0.1) is 5.56 Å². The molecule has 2 aromatic carbocycles. The van der Waals surface area contributed by atoms with Gasteiger partial charge in [0, 0.05) is 9.37 Å². The fraction of sp³-hybridized carbons (Fsp3) is 0.133. The van der Waals surface area contributed by atoms with E-state index in [-0.39, 0.29) is 0 Å². The van der Waals surface area contributed by atoms with Gasteiger partial charge in [0.2, 0.25) is 0 Å². The van der Waals surface area contributed by atoms with Crippen molar-refractivity contribution < 1.29 is 4.74 Å². The zero-order chi connectivity index (χ0) is 14.5. The Morgan fingerprint density at radius 3 is 2.55 bits per heavy atom. The van der Waals surface area contributed by atoms with Crippen molar-refractivity contribution in [3.8, 4) is 11.5 Å². The third-order valence-corrected chi connectivity index (χ3v) is 4.25. The molecule has 2 rings (SSSR count). The summed E-state index contributed by atoms with van der Waals surface area (Å²) in [5.74, 6) is 2.40. The van der Waals surface area contributed by atoms with Gasteiger partial charge in [-0.25, -0.2) is 0 Å². The highest BCUT2D eigenvalue weighted by Gasteiger charge is 2.13. The molecule has 20 heavy (non-hydrogen) atoms. The molecular weight excluding hydrogens is 354 g/mol. The first-order valence-corrected chi connectivity index (χ1v) is 8.29. The van der Waals surface area contributed by atoms with E-state index >= 15 is 0 Å².